The summed E-state index contributed by atoms with van der Waals surface area (Å²) in [5.41, 5.74) is -0.265. The zero-order valence-electron chi connectivity index (χ0n) is 12.8. The van der Waals surface area contributed by atoms with Gasteiger partial charge in [0.25, 0.3) is 0 Å². The van der Waals surface area contributed by atoms with Crippen molar-refractivity contribution in [1.29, 1.82) is 0 Å². The van der Waals surface area contributed by atoms with Gasteiger partial charge in [-0.05, 0) is 24.3 Å². The molecule has 6 heteroatoms. The van der Waals surface area contributed by atoms with E-state index in [2.05, 4.69) is 4.90 Å². The second kappa shape index (κ2) is 6.34. The molecular formula is C16H21ClN2O3. The highest BCUT2D eigenvalue weighted by atomic mass is 35.5. The Labute approximate surface area is 135 Å². The van der Waals surface area contributed by atoms with Crippen LogP contribution in [0.5, 0.6) is 5.75 Å². The van der Waals surface area contributed by atoms with Crippen LogP contribution in [-0.4, -0.2) is 61.3 Å². The molecule has 2 fully saturated rings. The predicted molar refractivity (Wildman–Crippen MR) is 84.5 cm³/mol. The van der Waals surface area contributed by atoms with Gasteiger partial charge >= 0.3 is 6.09 Å². The minimum atomic E-state index is -0.265. The van der Waals surface area contributed by atoms with Crippen LogP contribution in [0, 0.1) is 0 Å². The fourth-order valence-electron chi connectivity index (χ4n) is 3.06. The van der Waals surface area contributed by atoms with Gasteiger partial charge in [0, 0.05) is 44.5 Å². The molecule has 0 aromatic heterocycles. The van der Waals surface area contributed by atoms with Crippen LogP contribution in [-0.2, 0) is 4.74 Å². The molecule has 1 spiro atoms. The Bertz CT molecular complexity index is 527. The van der Waals surface area contributed by atoms with Crippen molar-refractivity contribution in [2.45, 2.75) is 18.4 Å². The van der Waals surface area contributed by atoms with Crippen LogP contribution in [0.25, 0.3) is 0 Å². The highest BCUT2D eigenvalue weighted by Crippen LogP contribution is 2.32. The van der Waals surface area contributed by atoms with Crippen molar-refractivity contribution in [1.82, 2.24) is 9.80 Å². The van der Waals surface area contributed by atoms with Crippen molar-refractivity contribution in [2.24, 2.45) is 0 Å². The topological polar surface area (TPSA) is 42.0 Å². The van der Waals surface area contributed by atoms with Crippen LogP contribution < -0.4 is 4.74 Å². The number of amides is 1. The first-order chi connectivity index (χ1) is 10.6. The molecule has 0 unspecified atom stereocenters. The third kappa shape index (κ3) is 3.47. The number of rotatable bonds is 4. The molecule has 1 aromatic carbocycles. The molecule has 2 aliphatic rings. The molecule has 2 heterocycles. The van der Waals surface area contributed by atoms with E-state index in [4.69, 9.17) is 21.1 Å². The Morgan fingerprint density at radius 3 is 2.55 bits per heavy atom. The van der Waals surface area contributed by atoms with E-state index >= 15 is 0 Å². The Morgan fingerprint density at radius 1 is 1.27 bits per heavy atom. The van der Waals surface area contributed by atoms with Gasteiger partial charge in [-0.2, -0.15) is 0 Å². The molecule has 1 amide bonds. The van der Waals surface area contributed by atoms with Crippen LogP contribution >= 0.6 is 11.6 Å². The quantitative estimate of drug-likeness (QED) is 0.854. The van der Waals surface area contributed by atoms with Crippen molar-refractivity contribution in [3.63, 3.8) is 0 Å². The highest BCUT2D eigenvalue weighted by molar-refractivity contribution is 6.30. The van der Waals surface area contributed by atoms with Crippen molar-refractivity contribution in [2.75, 3.05) is 39.8 Å². The molecule has 0 radical (unpaired) electrons. The normalized spacial score (nSPS) is 21.2. The maximum absolute atomic E-state index is 11.5. The molecule has 0 bridgehead atoms. The van der Waals surface area contributed by atoms with E-state index in [0.717, 1.165) is 38.2 Å². The van der Waals surface area contributed by atoms with Gasteiger partial charge in [-0.25, -0.2) is 4.79 Å². The van der Waals surface area contributed by atoms with Gasteiger partial charge in [0.2, 0.25) is 0 Å². The number of hydrogen-bond acceptors (Lipinski definition) is 4. The molecule has 1 aromatic rings. The summed E-state index contributed by atoms with van der Waals surface area (Å²) in [6, 6.07) is 7.40. The van der Waals surface area contributed by atoms with E-state index in [1.807, 2.05) is 24.3 Å². The van der Waals surface area contributed by atoms with E-state index in [0.29, 0.717) is 18.2 Å². The minimum Gasteiger partial charge on any atom is -0.492 e. The minimum absolute atomic E-state index is 0.195. The smallest absolute Gasteiger partial charge is 0.410 e. The Morgan fingerprint density at radius 2 is 1.95 bits per heavy atom. The number of carbonyl (C=O) groups is 1. The molecule has 0 atom stereocenters. The summed E-state index contributed by atoms with van der Waals surface area (Å²) in [4.78, 5) is 15.6. The largest absolute Gasteiger partial charge is 0.492 e. The molecule has 0 aliphatic carbocycles. The third-order valence-electron chi connectivity index (χ3n) is 4.40. The second-order valence-corrected chi connectivity index (χ2v) is 6.49. The number of piperidine rings is 1. The zero-order valence-corrected chi connectivity index (χ0v) is 13.5. The summed E-state index contributed by atoms with van der Waals surface area (Å²) in [5.74, 6) is 0.837. The van der Waals surface area contributed by atoms with Crippen molar-refractivity contribution >= 4 is 17.7 Å². The summed E-state index contributed by atoms with van der Waals surface area (Å²) >= 11 is 5.84. The predicted octanol–water partition coefficient (Wildman–Crippen LogP) is 2.64. The first-order valence-electron chi connectivity index (χ1n) is 7.61. The molecule has 0 saturated carbocycles. The first kappa shape index (κ1) is 15.4. The lowest BCUT2D eigenvalue weighted by Gasteiger charge is -2.37. The maximum Gasteiger partial charge on any atom is 0.410 e. The van der Waals surface area contributed by atoms with E-state index in [1.54, 1.807) is 11.9 Å². The summed E-state index contributed by atoms with van der Waals surface area (Å²) in [6.45, 7) is 4.11. The van der Waals surface area contributed by atoms with Crippen LogP contribution in [0.3, 0.4) is 0 Å². The molecule has 2 aliphatic heterocycles. The standard InChI is InChI=1S/C16H21ClN2O3/c1-18-12-16(22-15(18)20)6-8-19(9-7-16)10-11-21-14-4-2-13(17)3-5-14/h2-5H,6-12H2,1H3. The number of nitrogens with zero attached hydrogens (tertiary/aromatic N) is 2. The molecule has 2 saturated heterocycles. The Hall–Kier alpha value is -1.46. The average Bonchev–Trinajstić information content (AvgIpc) is 2.78. The molecular weight excluding hydrogens is 304 g/mol. The monoisotopic (exact) mass is 324 g/mol. The summed E-state index contributed by atoms with van der Waals surface area (Å²) < 4.78 is 11.3. The van der Waals surface area contributed by atoms with Crippen LogP contribution in [0.2, 0.25) is 5.02 Å². The summed E-state index contributed by atoms with van der Waals surface area (Å²) in [7, 11) is 1.80. The van der Waals surface area contributed by atoms with Gasteiger partial charge in [-0.3, -0.25) is 4.90 Å². The van der Waals surface area contributed by atoms with Crippen LogP contribution in [0.15, 0.2) is 24.3 Å². The van der Waals surface area contributed by atoms with Gasteiger partial charge in [-0.1, -0.05) is 11.6 Å². The van der Waals surface area contributed by atoms with E-state index < -0.39 is 0 Å². The van der Waals surface area contributed by atoms with E-state index in [1.165, 1.54) is 0 Å². The molecule has 5 nitrogen and oxygen atoms in total. The van der Waals surface area contributed by atoms with E-state index in [-0.39, 0.29) is 11.7 Å². The number of ether oxygens (including phenoxy) is 2. The molecule has 0 N–H and O–H groups in total. The lowest BCUT2D eigenvalue weighted by Crippen LogP contribution is -2.47. The fourth-order valence-corrected chi connectivity index (χ4v) is 3.19. The number of likely N-dealkylation sites (tertiary alicyclic amines) is 1. The van der Waals surface area contributed by atoms with Crippen LogP contribution in [0.4, 0.5) is 4.79 Å². The van der Waals surface area contributed by atoms with Crippen LogP contribution in [0.1, 0.15) is 12.8 Å². The van der Waals surface area contributed by atoms with Gasteiger partial charge in [0.15, 0.2) is 0 Å². The maximum atomic E-state index is 11.5. The van der Waals surface area contributed by atoms with Gasteiger partial charge in [0.1, 0.15) is 18.0 Å². The number of likely N-dealkylation sites (N-methyl/N-ethyl adjacent to an activating group) is 1. The zero-order chi connectivity index (χ0) is 15.6. The summed E-state index contributed by atoms with van der Waals surface area (Å²) in [6.07, 6.45) is 1.59. The third-order valence-corrected chi connectivity index (χ3v) is 4.65. The van der Waals surface area contributed by atoms with Gasteiger partial charge in [0.05, 0.1) is 6.54 Å². The Balaban J connectivity index is 1.41. The fraction of sp³-hybridized carbons (Fsp3) is 0.562. The van der Waals surface area contributed by atoms with Gasteiger partial charge < -0.3 is 14.4 Å². The van der Waals surface area contributed by atoms with Crippen molar-refractivity contribution in [3.8, 4) is 5.75 Å². The second-order valence-electron chi connectivity index (χ2n) is 6.05. The molecule has 22 heavy (non-hydrogen) atoms. The van der Waals surface area contributed by atoms with Crippen molar-refractivity contribution in [3.05, 3.63) is 29.3 Å². The number of carbonyl (C=O) groups excluding carboxylic acids is 1. The number of hydrogen-bond donors (Lipinski definition) is 0. The lowest BCUT2D eigenvalue weighted by atomic mass is 9.91. The first-order valence-corrected chi connectivity index (χ1v) is 7.99. The molecule has 120 valence electrons. The highest BCUT2D eigenvalue weighted by Gasteiger charge is 2.45. The number of halogens is 1. The SMILES string of the molecule is CN1CC2(CCN(CCOc3ccc(Cl)cc3)CC2)OC1=O. The number of benzene rings is 1. The molecule has 3 rings (SSSR count). The average molecular weight is 325 g/mol. The lowest BCUT2D eigenvalue weighted by molar-refractivity contribution is -0.00165. The summed E-state index contributed by atoms with van der Waals surface area (Å²) in [5, 5.41) is 0.713. The Kier molecular flexibility index (Phi) is 4.45. The van der Waals surface area contributed by atoms with Gasteiger partial charge in [-0.15, -0.1) is 0 Å². The van der Waals surface area contributed by atoms with E-state index in [9.17, 15) is 4.79 Å². The van der Waals surface area contributed by atoms with Crippen molar-refractivity contribution < 1.29 is 14.3 Å².